The summed E-state index contributed by atoms with van der Waals surface area (Å²) in [6, 6.07) is 4.22. The smallest absolute Gasteiger partial charge is 0.496 e. The summed E-state index contributed by atoms with van der Waals surface area (Å²) in [5.41, 5.74) is 0.0788. The normalized spacial score (nSPS) is 14.9. The zero-order valence-corrected chi connectivity index (χ0v) is 11.6. The van der Waals surface area contributed by atoms with Crippen molar-refractivity contribution in [3.8, 4) is 5.75 Å². The van der Waals surface area contributed by atoms with Crippen molar-refractivity contribution in [1.82, 2.24) is 0 Å². The molecule has 0 atom stereocenters. The minimum absolute atomic E-state index is 0. The monoisotopic (exact) mass is 240 g/mol. The molecule has 0 bridgehead atoms. The van der Waals surface area contributed by atoms with E-state index in [1.165, 1.54) is 6.07 Å². The molecule has 0 fully saturated rings. The molecule has 1 heterocycles. The fourth-order valence-electron chi connectivity index (χ4n) is 1.67. The SMILES string of the molecule is F[B-](F)(F)c1cccc2c1OCCC2.[K+]. The minimum Gasteiger partial charge on any atom is -0.496 e. The molecule has 1 aromatic rings. The van der Waals surface area contributed by atoms with Gasteiger partial charge in [-0.05, 0) is 18.4 Å². The van der Waals surface area contributed by atoms with Gasteiger partial charge >= 0.3 is 58.4 Å². The average Bonchev–Trinajstić information content (AvgIpc) is 2.15. The number of aryl methyl sites for hydroxylation is 1. The zero-order chi connectivity index (χ0) is 10.2. The summed E-state index contributed by atoms with van der Waals surface area (Å²) in [7, 11) is 0. The van der Waals surface area contributed by atoms with Crippen molar-refractivity contribution in [3.05, 3.63) is 23.8 Å². The van der Waals surface area contributed by atoms with Gasteiger partial charge in [-0.3, -0.25) is 0 Å². The van der Waals surface area contributed by atoms with Crippen molar-refractivity contribution in [1.29, 1.82) is 0 Å². The summed E-state index contributed by atoms with van der Waals surface area (Å²) in [4.78, 5) is 0. The first kappa shape index (κ1) is 13.6. The predicted octanol–water partition coefficient (Wildman–Crippen LogP) is -0.930. The summed E-state index contributed by atoms with van der Waals surface area (Å²) in [5.74, 6) is 0.0475. The van der Waals surface area contributed by atoms with Crippen LogP contribution in [0.5, 0.6) is 5.75 Å². The number of fused-ring (bicyclic) bond motifs is 1. The molecule has 0 spiro atoms. The maximum Gasteiger partial charge on any atom is 1.00 e. The molecule has 1 nitrogen and oxygen atoms in total. The Bertz CT molecular complexity index is 354. The van der Waals surface area contributed by atoms with Crippen LogP contribution in [0.3, 0.4) is 0 Å². The Labute approximate surface area is 129 Å². The van der Waals surface area contributed by atoms with Gasteiger partial charge in [0, 0.05) is 0 Å². The van der Waals surface area contributed by atoms with Gasteiger partial charge in [0.15, 0.2) is 0 Å². The summed E-state index contributed by atoms with van der Waals surface area (Å²) in [5, 5.41) is 0. The number of rotatable bonds is 1. The number of halogens is 3. The van der Waals surface area contributed by atoms with Gasteiger partial charge < -0.3 is 17.7 Å². The third-order valence-corrected chi connectivity index (χ3v) is 2.32. The van der Waals surface area contributed by atoms with Gasteiger partial charge in [-0.1, -0.05) is 23.7 Å². The van der Waals surface area contributed by atoms with E-state index < -0.39 is 12.4 Å². The fraction of sp³-hybridized carbons (Fsp3) is 0.333. The quantitative estimate of drug-likeness (QED) is 0.576. The molecule has 0 saturated heterocycles. The Morgan fingerprint density at radius 3 is 2.60 bits per heavy atom. The molecule has 1 aliphatic rings. The fourth-order valence-corrected chi connectivity index (χ4v) is 1.67. The summed E-state index contributed by atoms with van der Waals surface area (Å²) in [6.07, 6.45) is 1.47. The van der Waals surface area contributed by atoms with E-state index in [4.69, 9.17) is 4.74 Å². The van der Waals surface area contributed by atoms with Crippen LogP contribution in [-0.2, 0) is 6.42 Å². The Balaban J connectivity index is 0.00000112. The van der Waals surface area contributed by atoms with Crippen molar-refractivity contribution >= 4 is 12.4 Å². The van der Waals surface area contributed by atoms with Crippen LogP contribution in [0.4, 0.5) is 12.9 Å². The first-order valence-electron chi connectivity index (χ1n) is 4.53. The topological polar surface area (TPSA) is 9.23 Å². The molecule has 0 radical (unpaired) electrons. The number of para-hydroxylation sites is 1. The van der Waals surface area contributed by atoms with Crippen LogP contribution in [0.1, 0.15) is 12.0 Å². The van der Waals surface area contributed by atoms with Gasteiger partial charge in [0.05, 0.1) is 12.4 Å². The number of hydrogen-bond acceptors (Lipinski definition) is 1. The van der Waals surface area contributed by atoms with E-state index >= 15 is 0 Å². The second kappa shape index (κ2) is 5.23. The summed E-state index contributed by atoms with van der Waals surface area (Å²) >= 11 is 0. The Morgan fingerprint density at radius 2 is 1.93 bits per heavy atom. The molecule has 2 rings (SSSR count). The van der Waals surface area contributed by atoms with Crippen LogP contribution < -0.4 is 61.6 Å². The molecular weight excluding hydrogens is 231 g/mol. The number of benzene rings is 1. The largest absolute Gasteiger partial charge is 1.00 e. The van der Waals surface area contributed by atoms with Crippen molar-refractivity contribution < 1.29 is 69.1 Å². The maximum absolute atomic E-state index is 12.6. The second-order valence-electron chi connectivity index (χ2n) is 3.36. The molecule has 6 heteroatoms. The Morgan fingerprint density at radius 1 is 1.20 bits per heavy atom. The maximum atomic E-state index is 12.6. The van der Waals surface area contributed by atoms with Crippen LogP contribution in [0.15, 0.2) is 18.2 Å². The van der Waals surface area contributed by atoms with E-state index in [-0.39, 0.29) is 57.1 Å². The summed E-state index contributed by atoms with van der Waals surface area (Å²) in [6.45, 7) is -4.57. The van der Waals surface area contributed by atoms with E-state index in [1.807, 2.05) is 0 Å². The molecule has 1 aliphatic heterocycles. The molecule has 0 unspecified atom stereocenters. The van der Waals surface area contributed by atoms with E-state index in [9.17, 15) is 12.9 Å². The first-order valence-corrected chi connectivity index (χ1v) is 4.53. The van der Waals surface area contributed by atoms with E-state index in [0.717, 1.165) is 12.5 Å². The Kier molecular flexibility index (Phi) is 4.73. The molecule has 76 valence electrons. The van der Waals surface area contributed by atoms with Gasteiger partial charge in [0.25, 0.3) is 0 Å². The Hall–Kier alpha value is 0.511. The van der Waals surface area contributed by atoms with Crippen molar-refractivity contribution in [2.45, 2.75) is 12.8 Å². The van der Waals surface area contributed by atoms with Gasteiger partial charge in [-0.2, -0.15) is 0 Å². The molecule has 0 aliphatic carbocycles. The van der Waals surface area contributed by atoms with Crippen molar-refractivity contribution in [2.24, 2.45) is 0 Å². The van der Waals surface area contributed by atoms with Crippen LogP contribution >= 0.6 is 0 Å². The van der Waals surface area contributed by atoms with E-state index in [0.29, 0.717) is 18.6 Å². The predicted molar refractivity (Wildman–Crippen MR) is 49.0 cm³/mol. The van der Waals surface area contributed by atoms with Crippen LogP contribution in [-0.4, -0.2) is 13.6 Å². The third-order valence-electron chi connectivity index (χ3n) is 2.32. The van der Waals surface area contributed by atoms with Gasteiger partial charge in [-0.15, -0.1) is 0 Å². The summed E-state index contributed by atoms with van der Waals surface area (Å²) < 4.78 is 42.8. The van der Waals surface area contributed by atoms with Crippen LogP contribution in [0, 0.1) is 0 Å². The molecule has 15 heavy (non-hydrogen) atoms. The van der Waals surface area contributed by atoms with Gasteiger partial charge in [0.1, 0.15) is 0 Å². The third kappa shape index (κ3) is 3.00. The average molecular weight is 240 g/mol. The molecule has 0 N–H and O–H groups in total. The first-order chi connectivity index (χ1) is 6.59. The molecule has 0 saturated carbocycles. The number of ether oxygens (including phenoxy) is 1. The van der Waals surface area contributed by atoms with Crippen LogP contribution in [0.25, 0.3) is 0 Å². The minimum atomic E-state index is -4.96. The van der Waals surface area contributed by atoms with Crippen LogP contribution in [0.2, 0.25) is 0 Å². The number of hydrogen-bond donors (Lipinski definition) is 0. The van der Waals surface area contributed by atoms with E-state index in [2.05, 4.69) is 0 Å². The van der Waals surface area contributed by atoms with Gasteiger partial charge in [0.2, 0.25) is 0 Å². The van der Waals surface area contributed by atoms with Crippen molar-refractivity contribution in [2.75, 3.05) is 6.61 Å². The molecular formula is C9H9BF3KO. The molecule has 0 amide bonds. The zero-order valence-electron chi connectivity index (χ0n) is 8.47. The molecule has 1 aromatic carbocycles. The molecule has 0 aromatic heterocycles. The van der Waals surface area contributed by atoms with Gasteiger partial charge in [-0.25, -0.2) is 0 Å². The van der Waals surface area contributed by atoms with Crippen molar-refractivity contribution in [3.63, 3.8) is 0 Å². The van der Waals surface area contributed by atoms with E-state index in [1.54, 1.807) is 6.07 Å². The second-order valence-corrected chi connectivity index (χ2v) is 3.36. The standard InChI is InChI=1S/C9H9BF3O.K/c11-10(12,13)8-5-1-3-7-4-2-6-14-9(7)8;/h1,3,5H,2,4,6H2;/q-1;+1.